The number of aryl methyl sites for hydroxylation is 1. The molecule has 5 aromatic rings. The number of carbonyl (C=O) groups excluding carboxylic acids is 2. The Kier molecular flexibility index (Phi) is 8.63. The third kappa shape index (κ3) is 6.34. The second-order valence-corrected chi connectivity index (χ2v) is 9.80. The summed E-state index contributed by atoms with van der Waals surface area (Å²) in [5.41, 5.74) is 3.67. The highest BCUT2D eigenvalue weighted by Gasteiger charge is 2.15. The minimum absolute atomic E-state index is 0.00913. The number of aromatic amines is 1. The summed E-state index contributed by atoms with van der Waals surface area (Å²) in [5.74, 6) is -2.52. The van der Waals surface area contributed by atoms with Crippen molar-refractivity contribution in [3.05, 3.63) is 123 Å². The van der Waals surface area contributed by atoms with Gasteiger partial charge in [-0.05, 0) is 53.4 Å². The third-order valence-corrected chi connectivity index (χ3v) is 6.92. The number of halogens is 2. The topological polar surface area (TPSA) is 106 Å². The number of aromatic nitrogens is 3. The lowest BCUT2D eigenvalue weighted by Gasteiger charge is -2.09. The SMILES string of the molecule is COCCNC(=O)c1cnc2[nH]cc(-c3cccc(CCC(=O)c4cccn(Cc5ccc(F)c(F)c5)c4=O)c3)c2c1. The highest BCUT2D eigenvalue weighted by atomic mass is 19.2. The van der Waals surface area contributed by atoms with Crippen LogP contribution in [0.3, 0.4) is 0 Å². The molecule has 0 aliphatic rings. The van der Waals surface area contributed by atoms with Gasteiger partial charge in [-0.3, -0.25) is 14.4 Å². The summed E-state index contributed by atoms with van der Waals surface area (Å²) in [7, 11) is 1.57. The Bertz CT molecular complexity index is 1830. The van der Waals surface area contributed by atoms with Crippen LogP contribution >= 0.6 is 0 Å². The minimum atomic E-state index is -0.997. The first-order valence-electron chi connectivity index (χ1n) is 13.3. The van der Waals surface area contributed by atoms with Crippen molar-refractivity contribution in [1.82, 2.24) is 19.9 Å². The number of H-pyrrole nitrogens is 1. The number of nitrogens with one attached hydrogen (secondary N) is 2. The molecule has 0 unspecified atom stereocenters. The van der Waals surface area contributed by atoms with E-state index in [0.29, 0.717) is 36.3 Å². The number of ketones is 1. The van der Waals surface area contributed by atoms with Crippen molar-refractivity contribution < 1.29 is 23.1 Å². The van der Waals surface area contributed by atoms with Gasteiger partial charge in [-0.2, -0.15) is 0 Å². The maximum absolute atomic E-state index is 13.6. The Morgan fingerprint density at radius 3 is 2.69 bits per heavy atom. The van der Waals surface area contributed by atoms with E-state index >= 15 is 0 Å². The van der Waals surface area contributed by atoms with E-state index in [1.165, 1.54) is 29.1 Å². The van der Waals surface area contributed by atoms with Gasteiger partial charge in [0.05, 0.1) is 24.3 Å². The molecule has 0 fully saturated rings. The molecule has 10 heteroatoms. The van der Waals surface area contributed by atoms with E-state index in [1.807, 2.05) is 30.5 Å². The Labute approximate surface area is 240 Å². The maximum atomic E-state index is 13.6. The van der Waals surface area contributed by atoms with Gasteiger partial charge in [0.25, 0.3) is 11.5 Å². The maximum Gasteiger partial charge on any atom is 0.261 e. The summed E-state index contributed by atoms with van der Waals surface area (Å²) in [6, 6.07) is 16.0. The lowest BCUT2D eigenvalue weighted by Crippen LogP contribution is -2.26. The van der Waals surface area contributed by atoms with Crippen LogP contribution in [0.5, 0.6) is 0 Å². The van der Waals surface area contributed by atoms with Crippen LogP contribution < -0.4 is 10.9 Å². The molecule has 2 N–H and O–H groups in total. The Morgan fingerprint density at radius 2 is 1.88 bits per heavy atom. The highest BCUT2D eigenvalue weighted by Crippen LogP contribution is 2.29. The van der Waals surface area contributed by atoms with Crippen LogP contribution in [0.25, 0.3) is 22.2 Å². The van der Waals surface area contributed by atoms with Crippen molar-refractivity contribution in [2.45, 2.75) is 19.4 Å². The molecule has 2 aromatic carbocycles. The average molecular weight is 571 g/mol. The smallest absolute Gasteiger partial charge is 0.261 e. The van der Waals surface area contributed by atoms with E-state index in [9.17, 15) is 23.2 Å². The van der Waals surface area contributed by atoms with Gasteiger partial charge in [-0.25, -0.2) is 13.8 Å². The summed E-state index contributed by atoms with van der Waals surface area (Å²) < 4.78 is 33.2. The molecule has 0 saturated carbocycles. The number of ether oxygens (including phenoxy) is 1. The van der Waals surface area contributed by atoms with Gasteiger partial charge < -0.3 is 19.6 Å². The molecule has 8 nitrogen and oxygen atoms in total. The number of benzene rings is 2. The highest BCUT2D eigenvalue weighted by molar-refractivity contribution is 6.01. The van der Waals surface area contributed by atoms with Crippen LogP contribution in [0.2, 0.25) is 0 Å². The molecule has 1 amide bonds. The zero-order chi connectivity index (χ0) is 29.6. The first-order valence-corrected chi connectivity index (χ1v) is 13.3. The molecule has 3 heterocycles. The van der Waals surface area contributed by atoms with Gasteiger partial charge in [0.15, 0.2) is 17.4 Å². The van der Waals surface area contributed by atoms with E-state index < -0.39 is 17.2 Å². The summed E-state index contributed by atoms with van der Waals surface area (Å²) in [6.45, 7) is 0.804. The van der Waals surface area contributed by atoms with E-state index in [0.717, 1.165) is 34.2 Å². The van der Waals surface area contributed by atoms with Gasteiger partial charge in [0, 0.05) is 49.6 Å². The van der Waals surface area contributed by atoms with Crippen molar-refractivity contribution in [1.29, 1.82) is 0 Å². The van der Waals surface area contributed by atoms with Gasteiger partial charge >= 0.3 is 0 Å². The number of methoxy groups -OCH3 is 1. The van der Waals surface area contributed by atoms with Crippen LogP contribution in [0, 0.1) is 11.6 Å². The molecule has 3 aromatic heterocycles. The lowest BCUT2D eigenvalue weighted by molar-refractivity contribution is 0.0935. The standard InChI is InChI=1S/C32H28F2N4O4/c1-42-13-11-35-31(40)23-16-25-26(18-37-30(25)36-17-23)22-5-2-4-20(14-22)8-10-29(39)24-6-3-12-38(32(24)41)19-21-7-9-27(33)28(34)15-21/h2-7,9,12,14-18H,8,10-11,13,19H2,1H3,(H,35,40)(H,36,37). The van der Waals surface area contributed by atoms with Crippen LogP contribution in [-0.2, 0) is 17.7 Å². The monoisotopic (exact) mass is 570 g/mol. The van der Waals surface area contributed by atoms with Gasteiger partial charge in [0.2, 0.25) is 0 Å². The number of Topliss-reactive ketones (excluding diaryl/α,β-unsaturated/α-hetero) is 1. The number of rotatable bonds is 11. The van der Waals surface area contributed by atoms with Gasteiger partial charge in [-0.15, -0.1) is 0 Å². The predicted octanol–water partition coefficient (Wildman–Crippen LogP) is 4.91. The van der Waals surface area contributed by atoms with Gasteiger partial charge in [0.1, 0.15) is 5.65 Å². The van der Waals surface area contributed by atoms with Crippen LogP contribution in [0.15, 0.2) is 84.0 Å². The second kappa shape index (κ2) is 12.7. The largest absolute Gasteiger partial charge is 0.383 e. The molecule has 0 spiro atoms. The zero-order valence-electron chi connectivity index (χ0n) is 22.8. The number of hydrogen-bond donors (Lipinski definition) is 2. The average Bonchev–Trinajstić information content (AvgIpc) is 3.42. The molecule has 5 rings (SSSR count). The first-order chi connectivity index (χ1) is 20.3. The molecule has 0 saturated heterocycles. The van der Waals surface area contributed by atoms with Crippen molar-refractivity contribution in [2.24, 2.45) is 0 Å². The van der Waals surface area contributed by atoms with Crippen LogP contribution in [0.4, 0.5) is 8.78 Å². The summed E-state index contributed by atoms with van der Waals surface area (Å²) in [4.78, 5) is 46.1. The summed E-state index contributed by atoms with van der Waals surface area (Å²) in [5, 5.41) is 3.58. The fourth-order valence-corrected chi connectivity index (χ4v) is 4.73. The van der Waals surface area contributed by atoms with E-state index in [-0.39, 0.29) is 30.2 Å². The first kappa shape index (κ1) is 28.6. The molecule has 214 valence electrons. The van der Waals surface area contributed by atoms with E-state index in [2.05, 4.69) is 15.3 Å². The fraction of sp³-hybridized carbons (Fsp3) is 0.188. The lowest BCUT2D eigenvalue weighted by atomic mass is 9.98. The molecule has 0 radical (unpaired) electrons. The van der Waals surface area contributed by atoms with Crippen molar-refractivity contribution >= 4 is 22.7 Å². The molecular weight excluding hydrogens is 542 g/mol. The normalized spacial score (nSPS) is 11.1. The summed E-state index contributed by atoms with van der Waals surface area (Å²) >= 11 is 0. The molecule has 0 atom stereocenters. The van der Waals surface area contributed by atoms with Crippen molar-refractivity contribution in [3.63, 3.8) is 0 Å². The number of pyridine rings is 2. The second-order valence-electron chi connectivity index (χ2n) is 9.80. The van der Waals surface area contributed by atoms with E-state index in [4.69, 9.17) is 4.74 Å². The van der Waals surface area contributed by atoms with Crippen molar-refractivity contribution in [3.8, 4) is 11.1 Å². The van der Waals surface area contributed by atoms with Crippen molar-refractivity contribution in [2.75, 3.05) is 20.3 Å². The van der Waals surface area contributed by atoms with Crippen LogP contribution in [0.1, 0.15) is 38.3 Å². The number of nitrogens with zero attached hydrogens (tertiary/aromatic N) is 2. The Hall–Kier alpha value is -4.96. The van der Waals surface area contributed by atoms with E-state index in [1.54, 1.807) is 19.2 Å². The van der Waals surface area contributed by atoms with Crippen LogP contribution in [-0.4, -0.2) is 46.5 Å². The Morgan fingerprint density at radius 1 is 1.02 bits per heavy atom. The van der Waals surface area contributed by atoms with Gasteiger partial charge in [-0.1, -0.05) is 30.3 Å². The molecule has 42 heavy (non-hydrogen) atoms. The number of fused-ring (bicyclic) bond motifs is 1. The fourth-order valence-electron chi connectivity index (χ4n) is 4.73. The number of hydrogen-bond acceptors (Lipinski definition) is 5. The molecule has 0 aliphatic heterocycles. The number of amides is 1. The third-order valence-electron chi connectivity index (χ3n) is 6.92. The Balaban J connectivity index is 1.30. The molecular formula is C32H28F2N4O4. The molecule has 0 bridgehead atoms. The predicted molar refractivity (Wildman–Crippen MR) is 155 cm³/mol. The minimum Gasteiger partial charge on any atom is -0.383 e. The molecule has 0 aliphatic carbocycles. The zero-order valence-corrected chi connectivity index (χ0v) is 22.8. The quantitative estimate of drug-likeness (QED) is 0.173. The number of carbonyl (C=O) groups is 2. The summed E-state index contributed by atoms with van der Waals surface area (Å²) in [6.07, 6.45) is 5.36.